The van der Waals surface area contributed by atoms with Crippen LogP contribution in [0.2, 0.25) is 5.02 Å². The Morgan fingerprint density at radius 3 is 2.50 bits per heavy atom. The zero-order chi connectivity index (χ0) is 17.7. The highest BCUT2D eigenvalue weighted by molar-refractivity contribution is 6.31. The zero-order valence-electron chi connectivity index (χ0n) is 14.1. The number of nitrogens with zero attached hydrogens (tertiary/aromatic N) is 1. The second kappa shape index (κ2) is 7.97. The fourth-order valence-corrected chi connectivity index (χ4v) is 2.55. The van der Waals surface area contributed by atoms with Gasteiger partial charge in [0.25, 0.3) is 0 Å². The van der Waals surface area contributed by atoms with E-state index in [0.29, 0.717) is 17.3 Å². The molecule has 0 atom stereocenters. The van der Waals surface area contributed by atoms with E-state index in [1.807, 2.05) is 50.2 Å². The van der Waals surface area contributed by atoms with Gasteiger partial charge >= 0.3 is 0 Å². The van der Waals surface area contributed by atoms with Crippen molar-refractivity contribution < 1.29 is 9.59 Å². The van der Waals surface area contributed by atoms with Crippen LogP contribution in [0.25, 0.3) is 0 Å². The quantitative estimate of drug-likeness (QED) is 0.877. The first-order valence-electron chi connectivity index (χ1n) is 7.77. The standard InChI is InChI=1S/C19H21ClN2O2/c1-13-5-4-6-16(11-13)21-19(24)9-10-22(15(3)23)17-8-7-14(2)18(20)12-17/h4-8,11-12H,9-10H2,1-3H3,(H,21,24). The number of carbonyl (C=O) groups is 2. The molecule has 0 aliphatic carbocycles. The van der Waals surface area contributed by atoms with E-state index in [4.69, 9.17) is 11.6 Å². The summed E-state index contributed by atoms with van der Waals surface area (Å²) in [7, 11) is 0. The Morgan fingerprint density at radius 2 is 1.88 bits per heavy atom. The van der Waals surface area contributed by atoms with Crippen LogP contribution in [0.15, 0.2) is 42.5 Å². The number of nitrogens with one attached hydrogen (secondary N) is 1. The van der Waals surface area contributed by atoms with E-state index in [-0.39, 0.29) is 18.2 Å². The minimum absolute atomic E-state index is 0.127. The molecule has 1 N–H and O–H groups in total. The maximum absolute atomic E-state index is 12.1. The molecule has 2 amide bonds. The summed E-state index contributed by atoms with van der Waals surface area (Å²) in [6, 6.07) is 13.0. The molecule has 2 aromatic carbocycles. The van der Waals surface area contributed by atoms with Gasteiger partial charge in [0.05, 0.1) is 0 Å². The molecular formula is C19H21ClN2O2. The monoisotopic (exact) mass is 344 g/mol. The summed E-state index contributed by atoms with van der Waals surface area (Å²) in [4.78, 5) is 25.6. The van der Waals surface area contributed by atoms with Crippen LogP contribution in [-0.4, -0.2) is 18.4 Å². The predicted octanol–water partition coefficient (Wildman–Crippen LogP) is 4.34. The minimum atomic E-state index is -0.134. The van der Waals surface area contributed by atoms with E-state index in [2.05, 4.69) is 5.32 Å². The van der Waals surface area contributed by atoms with Crippen LogP contribution in [0, 0.1) is 13.8 Å². The summed E-state index contributed by atoms with van der Waals surface area (Å²) in [5.74, 6) is -0.261. The summed E-state index contributed by atoms with van der Waals surface area (Å²) in [6.45, 7) is 5.65. The van der Waals surface area contributed by atoms with Crippen molar-refractivity contribution in [2.75, 3.05) is 16.8 Å². The summed E-state index contributed by atoms with van der Waals surface area (Å²) in [6.07, 6.45) is 0.207. The van der Waals surface area contributed by atoms with Gasteiger partial charge < -0.3 is 10.2 Å². The van der Waals surface area contributed by atoms with Gasteiger partial charge in [-0.05, 0) is 49.2 Å². The molecule has 0 saturated carbocycles. The number of rotatable bonds is 5. The van der Waals surface area contributed by atoms with Crippen molar-refractivity contribution in [2.24, 2.45) is 0 Å². The second-order valence-corrected chi connectivity index (χ2v) is 6.18. The smallest absolute Gasteiger partial charge is 0.226 e. The van der Waals surface area contributed by atoms with Crippen molar-refractivity contribution in [3.05, 3.63) is 58.6 Å². The first kappa shape index (κ1) is 18.0. The molecule has 0 unspecified atom stereocenters. The van der Waals surface area contributed by atoms with Gasteiger partial charge in [-0.2, -0.15) is 0 Å². The first-order valence-corrected chi connectivity index (χ1v) is 8.15. The van der Waals surface area contributed by atoms with Crippen molar-refractivity contribution in [1.29, 1.82) is 0 Å². The number of halogens is 1. The lowest BCUT2D eigenvalue weighted by molar-refractivity contribution is -0.117. The van der Waals surface area contributed by atoms with Crippen molar-refractivity contribution in [3.8, 4) is 0 Å². The minimum Gasteiger partial charge on any atom is -0.326 e. The number of carbonyl (C=O) groups excluding carboxylic acids is 2. The molecule has 0 aliphatic heterocycles. The highest BCUT2D eigenvalue weighted by atomic mass is 35.5. The lowest BCUT2D eigenvalue weighted by Crippen LogP contribution is -2.32. The zero-order valence-corrected chi connectivity index (χ0v) is 14.9. The molecule has 5 heteroatoms. The third kappa shape index (κ3) is 4.83. The number of aryl methyl sites for hydroxylation is 2. The van der Waals surface area contributed by atoms with E-state index in [9.17, 15) is 9.59 Å². The van der Waals surface area contributed by atoms with E-state index in [0.717, 1.165) is 16.8 Å². The number of benzene rings is 2. The summed E-state index contributed by atoms with van der Waals surface area (Å²) < 4.78 is 0. The number of hydrogen-bond donors (Lipinski definition) is 1. The molecule has 126 valence electrons. The Bertz CT molecular complexity index is 759. The van der Waals surface area contributed by atoms with Crippen molar-refractivity contribution in [2.45, 2.75) is 27.2 Å². The third-order valence-corrected chi connectivity index (χ3v) is 4.12. The maximum atomic E-state index is 12.1. The van der Waals surface area contributed by atoms with Gasteiger partial charge in [0.2, 0.25) is 11.8 Å². The highest BCUT2D eigenvalue weighted by Crippen LogP contribution is 2.23. The number of hydrogen-bond acceptors (Lipinski definition) is 2. The average molecular weight is 345 g/mol. The van der Waals surface area contributed by atoms with Crippen LogP contribution in [0.5, 0.6) is 0 Å². The van der Waals surface area contributed by atoms with E-state index >= 15 is 0 Å². The largest absolute Gasteiger partial charge is 0.326 e. The molecule has 0 aliphatic rings. The van der Waals surface area contributed by atoms with Gasteiger partial charge in [-0.3, -0.25) is 9.59 Å². The van der Waals surface area contributed by atoms with Gasteiger partial charge in [0.1, 0.15) is 0 Å². The van der Waals surface area contributed by atoms with Crippen LogP contribution >= 0.6 is 11.6 Å². The lowest BCUT2D eigenvalue weighted by atomic mass is 10.2. The first-order chi connectivity index (χ1) is 11.4. The number of anilines is 2. The Balaban J connectivity index is 2.02. The predicted molar refractivity (Wildman–Crippen MR) is 98.6 cm³/mol. The van der Waals surface area contributed by atoms with Gasteiger partial charge in [-0.25, -0.2) is 0 Å². The lowest BCUT2D eigenvalue weighted by Gasteiger charge is -2.21. The molecule has 0 spiro atoms. The summed E-state index contributed by atoms with van der Waals surface area (Å²) in [5.41, 5.74) is 3.47. The fraction of sp³-hybridized carbons (Fsp3) is 0.263. The summed E-state index contributed by atoms with van der Waals surface area (Å²) in [5, 5.41) is 3.45. The van der Waals surface area contributed by atoms with Crippen LogP contribution in [0.1, 0.15) is 24.5 Å². The maximum Gasteiger partial charge on any atom is 0.226 e. The molecule has 0 fully saturated rings. The number of amides is 2. The third-order valence-electron chi connectivity index (χ3n) is 3.71. The Kier molecular flexibility index (Phi) is 5.99. The van der Waals surface area contributed by atoms with Crippen molar-refractivity contribution in [1.82, 2.24) is 0 Å². The average Bonchev–Trinajstić information content (AvgIpc) is 2.50. The van der Waals surface area contributed by atoms with Crippen LogP contribution in [0.4, 0.5) is 11.4 Å². The molecule has 0 saturated heterocycles. The van der Waals surface area contributed by atoms with Crippen LogP contribution in [-0.2, 0) is 9.59 Å². The molecule has 0 aromatic heterocycles. The Labute approximate surface area is 147 Å². The normalized spacial score (nSPS) is 10.3. The topological polar surface area (TPSA) is 49.4 Å². The fourth-order valence-electron chi connectivity index (χ4n) is 2.38. The van der Waals surface area contributed by atoms with E-state index in [1.165, 1.54) is 6.92 Å². The van der Waals surface area contributed by atoms with Crippen molar-refractivity contribution >= 4 is 34.8 Å². The highest BCUT2D eigenvalue weighted by Gasteiger charge is 2.14. The molecule has 2 aromatic rings. The van der Waals surface area contributed by atoms with Gasteiger partial charge in [0, 0.05) is 36.3 Å². The molecule has 0 radical (unpaired) electrons. The van der Waals surface area contributed by atoms with E-state index < -0.39 is 0 Å². The van der Waals surface area contributed by atoms with Crippen LogP contribution < -0.4 is 10.2 Å². The van der Waals surface area contributed by atoms with Gasteiger partial charge in [0.15, 0.2) is 0 Å². The molecule has 0 heterocycles. The Morgan fingerprint density at radius 1 is 1.12 bits per heavy atom. The summed E-state index contributed by atoms with van der Waals surface area (Å²) >= 11 is 6.13. The van der Waals surface area contributed by atoms with Crippen molar-refractivity contribution in [3.63, 3.8) is 0 Å². The SMILES string of the molecule is CC(=O)N(CCC(=O)Nc1cccc(C)c1)c1ccc(C)c(Cl)c1. The second-order valence-electron chi connectivity index (χ2n) is 5.77. The molecule has 24 heavy (non-hydrogen) atoms. The van der Waals surface area contributed by atoms with Gasteiger partial charge in [-0.15, -0.1) is 0 Å². The molecule has 0 bridgehead atoms. The molecular weight excluding hydrogens is 324 g/mol. The molecule has 4 nitrogen and oxygen atoms in total. The van der Waals surface area contributed by atoms with E-state index in [1.54, 1.807) is 11.0 Å². The Hall–Kier alpha value is -2.33. The van der Waals surface area contributed by atoms with Crippen LogP contribution in [0.3, 0.4) is 0 Å². The molecule has 2 rings (SSSR count). The van der Waals surface area contributed by atoms with Gasteiger partial charge in [-0.1, -0.05) is 29.8 Å².